The Hall–Kier alpha value is -12.7. The molecule has 15 aromatic rings. The molecule has 0 aliphatic heterocycles. The van der Waals surface area contributed by atoms with Crippen molar-refractivity contribution in [3.05, 3.63) is 325 Å². The van der Waals surface area contributed by atoms with Crippen molar-refractivity contribution >= 4 is 66.4 Å². The van der Waals surface area contributed by atoms with Crippen LogP contribution in [-0.4, -0.2) is 19.1 Å². The van der Waals surface area contributed by atoms with E-state index in [4.69, 9.17) is 36.3 Å². The Labute approximate surface area is 508 Å². The normalized spacial score (nSPS) is 11.1. The lowest BCUT2D eigenvalue weighted by atomic mass is 9.93. The van der Waals surface area contributed by atoms with Gasteiger partial charge in [0.25, 0.3) is 0 Å². The van der Waals surface area contributed by atoms with Crippen LogP contribution in [0.2, 0.25) is 0 Å². The summed E-state index contributed by atoms with van der Waals surface area (Å²) in [5.74, 6) is 0.605. The molecule has 0 saturated heterocycles. The molecule has 0 atom stereocenters. The molecule has 0 unspecified atom stereocenters. The molecule has 15 rings (SSSR count). The zero-order chi connectivity index (χ0) is 59.2. The van der Waals surface area contributed by atoms with Crippen LogP contribution in [-0.2, 0) is 0 Å². The van der Waals surface area contributed by atoms with Crippen molar-refractivity contribution in [1.82, 2.24) is 19.1 Å². The molecule has 0 radical (unpaired) electrons. The van der Waals surface area contributed by atoms with Gasteiger partial charge in [-0.25, -0.2) is 29.3 Å². The molecule has 12 aromatic carbocycles. The van der Waals surface area contributed by atoms with Crippen molar-refractivity contribution in [2.45, 2.75) is 0 Å². The van der Waals surface area contributed by atoms with Gasteiger partial charge in [-0.3, -0.25) is 0 Å². The van der Waals surface area contributed by atoms with Crippen LogP contribution in [0.4, 0.5) is 22.7 Å². The van der Waals surface area contributed by atoms with Gasteiger partial charge in [0.15, 0.2) is 28.6 Å². The van der Waals surface area contributed by atoms with E-state index in [1.165, 1.54) is 0 Å². The fourth-order valence-corrected chi connectivity index (χ4v) is 12.4. The van der Waals surface area contributed by atoms with Crippen molar-refractivity contribution in [3.63, 3.8) is 0 Å². The van der Waals surface area contributed by atoms with Crippen molar-refractivity contribution in [2.24, 2.45) is 0 Å². The molecule has 0 saturated carbocycles. The number of nitrogens with zero attached hydrogens (tertiary/aromatic N) is 8. The standard InChI is InChI=1S/C80H46N8/c1-81-61-34-22-51(23-35-61)57-30-42-74-67(46-57)68-47-58(52-24-36-62(82-2)37-25-52)31-43-75(68)87(74)73-20-12-11-18-66(73)79-65(72-50-71(55-14-7-5-8-15-55)85-80(86-72)56-16-9-6-10-17-56)19-13-21-78(79)88-76-44-32-59(53-26-38-63(83-3)39-27-53)48-69(76)70-49-60(33-45-77(70)88)54-28-40-64(84-4)41-29-54/h5-50H. The molecule has 3 aromatic heterocycles. The van der Waals surface area contributed by atoms with Gasteiger partial charge in [0.05, 0.1) is 71.1 Å². The van der Waals surface area contributed by atoms with Gasteiger partial charge in [-0.05, 0) is 111 Å². The highest BCUT2D eigenvalue weighted by atomic mass is 15.0. The molecule has 0 aliphatic rings. The summed E-state index contributed by atoms with van der Waals surface area (Å²) >= 11 is 0. The second-order valence-corrected chi connectivity index (χ2v) is 21.6. The first kappa shape index (κ1) is 52.1. The molecule has 88 heavy (non-hydrogen) atoms. The molecular formula is C80H46N8. The smallest absolute Gasteiger partial charge is 0.187 e. The Morgan fingerprint density at radius 2 is 0.580 bits per heavy atom. The van der Waals surface area contributed by atoms with Gasteiger partial charge < -0.3 is 9.13 Å². The van der Waals surface area contributed by atoms with E-state index in [1.54, 1.807) is 0 Å². The molecule has 0 spiro atoms. The minimum Gasteiger partial charge on any atom is -0.309 e. The maximum absolute atomic E-state index is 7.67. The molecular weight excluding hydrogens is 1070 g/mol. The molecule has 0 bridgehead atoms. The lowest BCUT2D eigenvalue weighted by molar-refractivity contribution is 1.15. The van der Waals surface area contributed by atoms with E-state index in [0.717, 1.165) is 139 Å². The Kier molecular flexibility index (Phi) is 12.9. The van der Waals surface area contributed by atoms with Crippen LogP contribution >= 0.6 is 0 Å². The highest BCUT2D eigenvalue weighted by Gasteiger charge is 2.26. The first-order valence-electron chi connectivity index (χ1n) is 28.7. The van der Waals surface area contributed by atoms with Crippen LogP contribution in [0.3, 0.4) is 0 Å². The zero-order valence-electron chi connectivity index (χ0n) is 47.1. The minimum atomic E-state index is 0.585. The summed E-state index contributed by atoms with van der Waals surface area (Å²) in [4.78, 5) is 25.5. The number of aromatic nitrogens is 4. The Bertz CT molecular complexity index is 5150. The second-order valence-electron chi connectivity index (χ2n) is 21.6. The van der Waals surface area contributed by atoms with Gasteiger partial charge in [0.2, 0.25) is 0 Å². The highest BCUT2D eigenvalue weighted by molar-refractivity contribution is 6.14. The average molecular weight is 1120 g/mol. The Morgan fingerprint density at radius 1 is 0.250 bits per heavy atom. The Balaban J connectivity index is 1.04. The number of hydrogen-bond donors (Lipinski definition) is 0. The van der Waals surface area contributed by atoms with Crippen molar-refractivity contribution in [3.8, 4) is 101 Å². The Morgan fingerprint density at radius 3 is 0.989 bits per heavy atom. The van der Waals surface area contributed by atoms with Gasteiger partial charge in [-0.1, -0.05) is 212 Å². The van der Waals surface area contributed by atoms with Crippen molar-refractivity contribution in [1.29, 1.82) is 0 Å². The minimum absolute atomic E-state index is 0.585. The van der Waals surface area contributed by atoms with E-state index in [2.05, 4.69) is 174 Å². The monoisotopic (exact) mass is 1120 g/mol. The molecule has 0 N–H and O–H groups in total. The maximum Gasteiger partial charge on any atom is 0.187 e. The fourth-order valence-electron chi connectivity index (χ4n) is 12.4. The first-order chi connectivity index (χ1) is 43.4. The third-order valence-corrected chi connectivity index (χ3v) is 16.7. The van der Waals surface area contributed by atoms with Gasteiger partial charge in [0.1, 0.15) is 0 Å². The number of rotatable bonds is 10. The predicted octanol–water partition coefficient (Wildman–Crippen LogP) is 22.2. The van der Waals surface area contributed by atoms with Crippen molar-refractivity contribution < 1.29 is 0 Å². The topological polar surface area (TPSA) is 53.1 Å². The summed E-state index contributed by atoms with van der Waals surface area (Å²) in [6, 6.07) is 95.6. The SMILES string of the molecule is [C-]#[N+]c1ccc(-c2ccc3c(c2)c2cc(-c4ccc([N+]#[C-])cc4)ccc2n3-c2ccccc2-c2c(-c3cc(-c4ccccc4)nc(-c4ccccc4)n3)cccc2-n2c3ccc(-c4ccc([N+]#[C-])cc4)cc3c3cc(-c4ccc([N+]#[C-])cc4)ccc32)cc1. The molecule has 406 valence electrons. The summed E-state index contributed by atoms with van der Waals surface area (Å²) in [5, 5.41) is 4.21. The highest BCUT2D eigenvalue weighted by Crippen LogP contribution is 2.47. The number of hydrogen-bond acceptors (Lipinski definition) is 2. The van der Waals surface area contributed by atoms with E-state index < -0.39 is 0 Å². The van der Waals surface area contributed by atoms with E-state index in [9.17, 15) is 0 Å². The van der Waals surface area contributed by atoms with Crippen molar-refractivity contribution in [2.75, 3.05) is 0 Å². The first-order valence-corrected chi connectivity index (χ1v) is 28.7. The largest absolute Gasteiger partial charge is 0.309 e. The van der Waals surface area contributed by atoms with Gasteiger partial charge in [-0.2, -0.15) is 0 Å². The third-order valence-electron chi connectivity index (χ3n) is 16.7. The quantitative estimate of drug-likeness (QED) is 0.128. The lowest BCUT2D eigenvalue weighted by Crippen LogP contribution is -2.04. The summed E-state index contributed by atoms with van der Waals surface area (Å²) in [6.07, 6.45) is 0. The molecule has 3 heterocycles. The van der Waals surface area contributed by atoms with E-state index in [1.807, 2.05) is 133 Å². The van der Waals surface area contributed by atoms with Gasteiger partial charge in [-0.15, -0.1) is 0 Å². The van der Waals surface area contributed by atoms with Crippen LogP contribution in [0.1, 0.15) is 0 Å². The fraction of sp³-hybridized carbons (Fsp3) is 0. The third kappa shape index (κ3) is 9.17. The van der Waals surface area contributed by atoms with E-state index in [0.29, 0.717) is 28.6 Å². The maximum atomic E-state index is 7.67. The van der Waals surface area contributed by atoms with Crippen LogP contribution in [0.15, 0.2) is 279 Å². The van der Waals surface area contributed by atoms with Gasteiger partial charge in [0, 0.05) is 49.4 Å². The summed E-state index contributed by atoms with van der Waals surface area (Å²) < 4.78 is 4.80. The van der Waals surface area contributed by atoms with Crippen LogP contribution in [0.5, 0.6) is 0 Å². The average Bonchev–Trinajstić information content (AvgIpc) is 1.59. The molecule has 8 nitrogen and oxygen atoms in total. The summed E-state index contributed by atoms with van der Waals surface area (Å²) in [6.45, 7) is 30.7. The number of para-hydroxylation sites is 1. The second kappa shape index (κ2) is 21.8. The molecule has 8 heteroatoms. The summed E-state index contributed by atoms with van der Waals surface area (Å²) in [5.41, 5.74) is 22.6. The molecule has 0 fully saturated rings. The predicted molar refractivity (Wildman–Crippen MR) is 359 cm³/mol. The number of benzene rings is 12. The van der Waals surface area contributed by atoms with Crippen LogP contribution in [0, 0.1) is 26.3 Å². The lowest BCUT2D eigenvalue weighted by Gasteiger charge is -2.22. The number of fused-ring (bicyclic) bond motifs is 6. The van der Waals surface area contributed by atoms with E-state index >= 15 is 0 Å². The van der Waals surface area contributed by atoms with Crippen LogP contribution < -0.4 is 0 Å². The zero-order valence-corrected chi connectivity index (χ0v) is 47.1. The van der Waals surface area contributed by atoms with Crippen LogP contribution in [0.25, 0.3) is 164 Å². The molecule has 0 amide bonds. The van der Waals surface area contributed by atoms with E-state index in [-0.39, 0.29) is 0 Å². The molecule has 0 aliphatic carbocycles. The summed E-state index contributed by atoms with van der Waals surface area (Å²) in [7, 11) is 0. The van der Waals surface area contributed by atoms with Gasteiger partial charge >= 0.3 is 0 Å².